The molecule has 1 aromatic heterocycles. The van der Waals surface area contributed by atoms with Gasteiger partial charge in [0.15, 0.2) is 5.12 Å². The smallest absolute Gasteiger partial charge is 0.229 e. The number of hydrogen-bond donors (Lipinski definition) is 0. The molecule has 0 N–H and O–H groups in total. The first-order chi connectivity index (χ1) is 11.0. The topological polar surface area (TPSA) is 55.2 Å². The number of aryl methyl sites for hydroxylation is 2. The zero-order chi connectivity index (χ0) is 16.6. The van der Waals surface area contributed by atoms with Crippen LogP contribution in [0.4, 0.5) is 5.82 Å². The lowest BCUT2D eigenvalue weighted by Crippen LogP contribution is -2.27. The molecule has 1 aliphatic rings. The summed E-state index contributed by atoms with van der Waals surface area (Å²) < 4.78 is 1.76. The fourth-order valence-corrected chi connectivity index (χ4v) is 4.01. The molecule has 1 amide bonds. The van der Waals surface area contributed by atoms with Gasteiger partial charge in [-0.25, -0.2) is 0 Å². The summed E-state index contributed by atoms with van der Waals surface area (Å²) in [5.74, 6) is 0.856. The van der Waals surface area contributed by atoms with Gasteiger partial charge in [-0.15, -0.1) is 0 Å². The van der Waals surface area contributed by atoms with Crippen LogP contribution >= 0.6 is 11.8 Å². The number of carbonyl (C=O) groups excluding carboxylic acids is 2. The molecule has 23 heavy (non-hydrogen) atoms. The number of benzene rings is 1. The highest BCUT2D eigenvalue weighted by Crippen LogP contribution is 2.37. The Balaban J connectivity index is 2.01. The Morgan fingerprint density at radius 1 is 1.30 bits per heavy atom. The molecule has 1 fully saturated rings. The standard InChI is InChI=1S/C17H19N3O2S/c1-11-16(13-7-5-4-6-8-13)17(19(3)18-11)20-10-14(9-15(20)22)23-12(2)21/h4-8,14H,9-10H2,1-3H3. The monoisotopic (exact) mass is 329 g/mol. The van der Waals surface area contributed by atoms with Gasteiger partial charge in [-0.2, -0.15) is 5.10 Å². The molecule has 0 bridgehead atoms. The van der Waals surface area contributed by atoms with E-state index >= 15 is 0 Å². The van der Waals surface area contributed by atoms with Crippen molar-refractivity contribution in [2.24, 2.45) is 7.05 Å². The van der Waals surface area contributed by atoms with Crippen LogP contribution in [-0.2, 0) is 16.6 Å². The van der Waals surface area contributed by atoms with Crippen LogP contribution in [0.25, 0.3) is 11.1 Å². The predicted molar refractivity (Wildman–Crippen MR) is 92.4 cm³/mol. The summed E-state index contributed by atoms with van der Waals surface area (Å²) in [5, 5.41) is 4.56. The number of carbonyl (C=O) groups is 2. The van der Waals surface area contributed by atoms with Crippen molar-refractivity contribution in [3.8, 4) is 11.1 Å². The Hall–Kier alpha value is -2.08. The minimum absolute atomic E-state index is 0.0128. The number of aromatic nitrogens is 2. The van der Waals surface area contributed by atoms with E-state index in [1.807, 2.05) is 44.3 Å². The molecule has 2 heterocycles. The lowest BCUT2D eigenvalue weighted by molar-refractivity contribution is -0.117. The third-order valence-corrected chi connectivity index (χ3v) is 4.91. The summed E-state index contributed by atoms with van der Waals surface area (Å²) in [6.45, 7) is 4.04. The molecule has 0 radical (unpaired) electrons. The molecule has 0 aliphatic carbocycles. The van der Waals surface area contributed by atoms with Crippen LogP contribution in [0.15, 0.2) is 30.3 Å². The van der Waals surface area contributed by atoms with E-state index in [0.29, 0.717) is 13.0 Å². The first-order valence-electron chi connectivity index (χ1n) is 7.54. The van der Waals surface area contributed by atoms with Gasteiger partial charge in [0.2, 0.25) is 5.91 Å². The van der Waals surface area contributed by atoms with Crippen molar-refractivity contribution in [3.63, 3.8) is 0 Å². The van der Waals surface area contributed by atoms with E-state index < -0.39 is 0 Å². The van der Waals surface area contributed by atoms with E-state index in [4.69, 9.17) is 0 Å². The lowest BCUT2D eigenvalue weighted by Gasteiger charge is -2.19. The van der Waals surface area contributed by atoms with E-state index in [1.165, 1.54) is 11.8 Å². The Morgan fingerprint density at radius 2 is 2.00 bits per heavy atom. The Kier molecular flexibility index (Phi) is 4.26. The number of hydrogen-bond acceptors (Lipinski definition) is 4. The van der Waals surface area contributed by atoms with Gasteiger partial charge >= 0.3 is 0 Å². The van der Waals surface area contributed by atoms with Gasteiger partial charge in [-0.05, 0) is 12.5 Å². The molecule has 1 saturated heterocycles. The van der Waals surface area contributed by atoms with E-state index in [1.54, 1.807) is 16.5 Å². The summed E-state index contributed by atoms with van der Waals surface area (Å²) in [6, 6.07) is 9.97. The zero-order valence-electron chi connectivity index (χ0n) is 13.4. The average Bonchev–Trinajstić information content (AvgIpc) is 2.98. The molecular weight excluding hydrogens is 310 g/mol. The SMILES string of the molecule is CC(=O)SC1CC(=O)N(c2c(-c3ccccc3)c(C)nn2C)C1. The second kappa shape index (κ2) is 6.20. The Labute approximate surface area is 139 Å². The second-order valence-corrected chi connectivity index (χ2v) is 7.19. The minimum Gasteiger partial charge on any atom is -0.295 e. The third kappa shape index (κ3) is 3.03. The first-order valence-corrected chi connectivity index (χ1v) is 8.42. The highest BCUT2D eigenvalue weighted by Gasteiger charge is 2.35. The maximum atomic E-state index is 12.5. The van der Waals surface area contributed by atoms with Gasteiger partial charge in [-0.3, -0.25) is 19.2 Å². The van der Waals surface area contributed by atoms with Gasteiger partial charge in [0.25, 0.3) is 0 Å². The van der Waals surface area contributed by atoms with Crippen molar-refractivity contribution in [1.29, 1.82) is 0 Å². The van der Waals surface area contributed by atoms with Crippen LogP contribution in [-0.4, -0.2) is 32.6 Å². The van der Waals surface area contributed by atoms with E-state index in [2.05, 4.69) is 5.10 Å². The van der Waals surface area contributed by atoms with Crippen LogP contribution in [0.3, 0.4) is 0 Å². The van der Waals surface area contributed by atoms with Crippen molar-refractivity contribution >= 4 is 28.6 Å². The fraction of sp³-hybridized carbons (Fsp3) is 0.353. The van der Waals surface area contributed by atoms with Crippen LogP contribution < -0.4 is 4.90 Å². The lowest BCUT2D eigenvalue weighted by atomic mass is 10.1. The van der Waals surface area contributed by atoms with Crippen LogP contribution in [0.1, 0.15) is 19.0 Å². The fourth-order valence-electron chi connectivity index (χ4n) is 3.09. The maximum Gasteiger partial charge on any atom is 0.229 e. The highest BCUT2D eigenvalue weighted by molar-refractivity contribution is 8.14. The van der Waals surface area contributed by atoms with E-state index in [-0.39, 0.29) is 16.3 Å². The number of nitrogens with zero attached hydrogens (tertiary/aromatic N) is 3. The van der Waals surface area contributed by atoms with Gasteiger partial charge in [0, 0.05) is 37.8 Å². The second-order valence-electron chi connectivity index (χ2n) is 5.71. The molecule has 6 heteroatoms. The van der Waals surface area contributed by atoms with Crippen molar-refractivity contribution in [3.05, 3.63) is 36.0 Å². The van der Waals surface area contributed by atoms with Crippen LogP contribution in [0, 0.1) is 6.92 Å². The van der Waals surface area contributed by atoms with Crippen molar-refractivity contribution in [2.75, 3.05) is 11.4 Å². The average molecular weight is 329 g/mol. The van der Waals surface area contributed by atoms with Crippen molar-refractivity contribution in [2.45, 2.75) is 25.5 Å². The molecule has 2 aromatic rings. The Morgan fingerprint density at radius 3 is 2.65 bits per heavy atom. The summed E-state index contributed by atoms with van der Waals surface area (Å²) in [5.41, 5.74) is 2.92. The summed E-state index contributed by atoms with van der Waals surface area (Å²) >= 11 is 1.25. The minimum atomic E-state index is 0.0128. The number of amides is 1. The third-order valence-electron chi connectivity index (χ3n) is 3.93. The van der Waals surface area contributed by atoms with Gasteiger partial charge < -0.3 is 0 Å². The van der Waals surface area contributed by atoms with Crippen molar-refractivity contribution in [1.82, 2.24) is 9.78 Å². The molecule has 0 saturated carbocycles. The first kappa shape index (κ1) is 15.8. The van der Waals surface area contributed by atoms with Gasteiger partial charge in [-0.1, -0.05) is 42.1 Å². The van der Waals surface area contributed by atoms with Gasteiger partial charge in [0.05, 0.1) is 5.69 Å². The molecule has 1 unspecified atom stereocenters. The highest BCUT2D eigenvalue weighted by atomic mass is 32.2. The summed E-state index contributed by atoms with van der Waals surface area (Å²) in [4.78, 5) is 25.6. The molecule has 3 rings (SSSR count). The maximum absolute atomic E-state index is 12.5. The quantitative estimate of drug-likeness (QED) is 0.869. The normalized spacial score (nSPS) is 17.8. The van der Waals surface area contributed by atoms with Crippen LogP contribution in [0.5, 0.6) is 0 Å². The largest absolute Gasteiger partial charge is 0.295 e. The molecule has 5 nitrogen and oxygen atoms in total. The molecule has 1 aliphatic heterocycles. The number of rotatable bonds is 3. The Bertz CT molecular complexity index is 755. The zero-order valence-corrected chi connectivity index (χ0v) is 14.3. The van der Waals surface area contributed by atoms with Gasteiger partial charge in [0.1, 0.15) is 5.82 Å². The summed E-state index contributed by atoms with van der Waals surface area (Å²) in [7, 11) is 1.85. The number of anilines is 1. The van der Waals surface area contributed by atoms with Crippen molar-refractivity contribution < 1.29 is 9.59 Å². The molecular formula is C17H19N3O2S. The van der Waals surface area contributed by atoms with Crippen LogP contribution in [0.2, 0.25) is 0 Å². The molecule has 120 valence electrons. The van der Waals surface area contributed by atoms with E-state index in [9.17, 15) is 9.59 Å². The molecule has 1 aromatic carbocycles. The molecule has 1 atom stereocenters. The summed E-state index contributed by atoms with van der Waals surface area (Å²) in [6.07, 6.45) is 0.392. The molecule has 0 spiro atoms. The van der Waals surface area contributed by atoms with E-state index in [0.717, 1.165) is 22.6 Å². The predicted octanol–water partition coefficient (Wildman–Crippen LogP) is 2.78. The number of thioether (sulfide) groups is 1.